The van der Waals surface area contributed by atoms with Gasteiger partial charge in [0.05, 0.1) is 11.7 Å². The number of carbonyl (C=O) groups is 2. The molecule has 0 aliphatic rings. The molecule has 0 spiro atoms. The minimum absolute atomic E-state index is 0.111. The van der Waals surface area contributed by atoms with E-state index in [9.17, 15) is 9.59 Å². The first-order chi connectivity index (χ1) is 8.09. The largest absolute Gasteiger partial charge is 0.481 e. The molecular formula is C11H15NO3S2. The monoisotopic (exact) mass is 273 g/mol. The second kappa shape index (κ2) is 7.34. The highest BCUT2D eigenvalue weighted by atomic mass is 32.2. The van der Waals surface area contributed by atoms with Gasteiger partial charge < -0.3 is 10.4 Å². The average Bonchev–Trinajstić information content (AvgIpc) is 2.78. The van der Waals surface area contributed by atoms with Gasteiger partial charge in [0.25, 0.3) is 0 Å². The molecule has 1 amide bonds. The van der Waals surface area contributed by atoms with E-state index >= 15 is 0 Å². The summed E-state index contributed by atoms with van der Waals surface area (Å²) in [5, 5.41) is 13.3. The van der Waals surface area contributed by atoms with Crippen LogP contribution >= 0.6 is 23.1 Å². The maximum atomic E-state index is 11.4. The lowest BCUT2D eigenvalue weighted by molar-refractivity contribution is -0.141. The van der Waals surface area contributed by atoms with E-state index in [4.69, 9.17) is 5.11 Å². The molecule has 1 atom stereocenters. The molecule has 1 aromatic rings. The number of carboxylic acids is 1. The summed E-state index contributed by atoms with van der Waals surface area (Å²) in [6.07, 6.45) is 0. The van der Waals surface area contributed by atoms with Crippen LogP contribution in [-0.2, 0) is 15.3 Å². The van der Waals surface area contributed by atoms with Crippen molar-refractivity contribution >= 4 is 35.0 Å². The van der Waals surface area contributed by atoms with Crippen LogP contribution in [-0.4, -0.2) is 29.3 Å². The predicted molar refractivity (Wildman–Crippen MR) is 70.3 cm³/mol. The number of carboxylic acid groups (broad SMARTS) is 1. The summed E-state index contributed by atoms with van der Waals surface area (Å²) >= 11 is 3.20. The molecule has 6 heteroatoms. The molecule has 1 heterocycles. The Hall–Kier alpha value is -1.01. The number of amides is 1. The fourth-order valence-corrected chi connectivity index (χ4v) is 2.74. The van der Waals surface area contributed by atoms with Crippen molar-refractivity contribution < 1.29 is 14.7 Å². The molecule has 17 heavy (non-hydrogen) atoms. The van der Waals surface area contributed by atoms with Gasteiger partial charge in [0.15, 0.2) is 0 Å². The van der Waals surface area contributed by atoms with E-state index in [0.29, 0.717) is 5.75 Å². The molecule has 0 bridgehead atoms. The van der Waals surface area contributed by atoms with Crippen molar-refractivity contribution in [1.29, 1.82) is 0 Å². The Bertz CT molecular complexity index is 365. The van der Waals surface area contributed by atoms with Gasteiger partial charge in [0.1, 0.15) is 0 Å². The Morgan fingerprint density at radius 2 is 2.35 bits per heavy atom. The van der Waals surface area contributed by atoms with Crippen LogP contribution in [0.5, 0.6) is 0 Å². The highest BCUT2D eigenvalue weighted by molar-refractivity contribution is 7.99. The topological polar surface area (TPSA) is 66.4 Å². The second-order valence-corrected chi connectivity index (χ2v) is 5.63. The first-order valence-electron chi connectivity index (χ1n) is 5.19. The van der Waals surface area contributed by atoms with Gasteiger partial charge >= 0.3 is 5.97 Å². The predicted octanol–water partition coefficient (Wildman–Crippen LogP) is 1.82. The number of carbonyl (C=O) groups excluding carboxylic acids is 1. The molecule has 0 saturated heterocycles. The van der Waals surface area contributed by atoms with Crippen LogP contribution in [0.15, 0.2) is 17.5 Å². The fraction of sp³-hybridized carbons (Fsp3) is 0.455. The zero-order valence-corrected chi connectivity index (χ0v) is 11.1. The number of aliphatic carboxylic acids is 1. The molecule has 1 rings (SSSR count). The van der Waals surface area contributed by atoms with Crippen LogP contribution < -0.4 is 5.32 Å². The third kappa shape index (κ3) is 5.74. The van der Waals surface area contributed by atoms with Crippen molar-refractivity contribution in [2.75, 3.05) is 12.3 Å². The van der Waals surface area contributed by atoms with E-state index in [1.807, 2.05) is 17.5 Å². The number of thiophene rings is 1. The lowest BCUT2D eigenvalue weighted by atomic mass is 10.2. The molecule has 0 radical (unpaired) electrons. The lowest BCUT2D eigenvalue weighted by Gasteiger charge is -2.07. The van der Waals surface area contributed by atoms with Crippen LogP contribution in [0.3, 0.4) is 0 Å². The molecule has 0 aliphatic carbocycles. The highest BCUT2D eigenvalue weighted by Gasteiger charge is 2.11. The van der Waals surface area contributed by atoms with Gasteiger partial charge in [-0.05, 0) is 11.4 Å². The molecule has 1 aromatic heterocycles. The van der Waals surface area contributed by atoms with E-state index in [2.05, 4.69) is 5.32 Å². The molecule has 0 aromatic carbocycles. The van der Waals surface area contributed by atoms with Crippen LogP contribution in [0, 0.1) is 5.92 Å². The first-order valence-corrected chi connectivity index (χ1v) is 7.22. The average molecular weight is 273 g/mol. The summed E-state index contributed by atoms with van der Waals surface area (Å²) in [7, 11) is 0. The SMILES string of the molecule is CC(CNC(=O)CSCc1cccs1)C(=O)O. The molecule has 0 fully saturated rings. The number of nitrogens with one attached hydrogen (secondary N) is 1. The number of hydrogen-bond donors (Lipinski definition) is 2. The van der Waals surface area contributed by atoms with Gasteiger partial charge in [-0.2, -0.15) is 0 Å². The fourth-order valence-electron chi connectivity index (χ4n) is 1.04. The maximum Gasteiger partial charge on any atom is 0.308 e. The van der Waals surface area contributed by atoms with Crippen molar-refractivity contribution in [2.45, 2.75) is 12.7 Å². The zero-order chi connectivity index (χ0) is 12.7. The Kier molecular flexibility index (Phi) is 6.07. The van der Waals surface area contributed by atoms with E-state index in [-0.39, 0.29) is 12.5 Å². The van der Waals surface area contributed by atoms with Gasteiger partial charge in [-0.3, -0.25) is 9.59 Å². The number of hydrogen-bond acceptors (Lipinski definition) is 4. The number of rotatable bonds is 7. The third-order valence-electron chi connectivity index (χ3n) is 2.08. The van der Waals surface area contributed by atoms with Crippen LogP contribution in [0.4, 0.5) is 0 Å². The van der Waals surface area contributed by atoms with Gasteiger partial charge in [-0.25, -0.2) is 0 Å². The Morgan fingerprint density at radius 1 is 1.59 bits per heavy atom. The molecular weight excluding hydrogens is 258 g/mol. The quantitative estimate of drug-likeness (QED) is 0.795. The number of thioether (sulfide) groups is 1. The van der Waals surface area contributed by atoms with Gasteiger partial charge in [-0.1, -0.05) is 13.0 Å². The van der Waals surface area contributed by atoms with Gasteiger partial charge in [0.2, 0.25) is 5.91 Å². The molecule has 4 nitrogen and oxygen atoms in total. The van der Waals surface area contributed by atoms with Crippen LogP contribution in [0.2, 0.25) is 0 Å². The summed E-state index contributed by atoms with van der Waals surface area (Å²) in [6, 6.07) is 4.01. The van der Waals surface area contributed by atoms with Gasteiger partial charge in [0, 0.05) is 17.2 Å². The molecule has 0 saturated carbocycles. The first kappa shape index (κ1) is 14.1. The van der Waals surface area contributed by atoms with Crippen molar-refractivity contribution in [3.05, 3.63) is 22.4 Å². The van der Waals surface area contributed by atoms with Crippen molar-refractivity contribution in [3.63, 3.8) is 0 Å². The van der Waals surface area contributed by atoms with Crippen molar-refractivity contribution in [3.8, 4) is 0 Å². The van der Waals surface area contributed by atoms with Crippen molar-refractivity contribution in [1.82, 2.24) is 5.32 Å². The minimum Gasteiger partial charge on any atom is -0.481 e. The van der Waals surface area contributed by atoms with E-state index in [1.54, 1.807) is 18.3 Å². The minimum atomic E-state index is -0.892. The van der Waals surface area contributed by atoms with Crippen LogP contribution in [0.25, 0.3) is 0 Å². The lowest BCUT2D eigenvalue weighted by Crippen LogP contribution is -2.32. The normalized spacial score (nSPS) is 12.1. The third-order valence-corrected chi connectivity index (χ3v) is 4.13. The molecule has 2 N–H and O–H groups in total. The Morgan fingerprint density at radius 3 is 2.94 bits per heavy atom. The van der Waals surface area contributed by atoms with Crippen molar-refractivity contribution in [2.24, 2.45) is 5.92 Å². The summed E-state index contributed by atoms with van der Waals surface area (Å²) in [4.78, 5) is 23.1. The summed E-state index contributed by atoms with van der Waals surface area (Å²) < 4.78 is 0. The zero-order valence-electron chi connectivity index (χ0n) is 9.51. The van der Waals surface area contributed by atoms with E-state index in [0.717, 1.165) is 5.75 Å². The standard InChI is InChI=1S/C11H15NO3S2/c1-8(11(14)15)5-12-10(13)7-16-6-9-3-2-4-17-9/h2-4,8H,5-7H2,1H3,(H,12,13)(H,14,15). The molecule has 1 unspecified atom stereocenters. The van der Waals surface area contributed by atoms with Gasteiger partial charge in [-0.15, -0.1) is 23.1 Å². The Balaban J connectivity index is 2.11. The summed E-state index contributed by atoms with van der Waals surface area (Å²) in [5.41, 5.74) is 0. The molecule has 0 aliphatic heterocycles. The van der Waals surface area contributed by atoms with E-state index in [1.165, 1.54) is 16.6 Å². The second-order valence-electron chi connectivity index (χ2n) is 3.62. The highest BCUT2D eigenvalue weighted by Crippen LogP contribution is 2.16. The molecule has 94 valence electrons. The summed E-state index contributed by atoms with van der Waals surface area (Å²) in [6.45, 7) is 1.76. The smallest absolute Gasteiger partial charge is 0.308 e. The summed E-state index contributed by atoms with van der Waals surface area (Å²) in [5.74, 6) is -0.360. The Labute approximate surface area is 108 Å². The van der Waals surface area contributed by atoms with Crippen LogP contribution in [0.1, 0.15) is 11.8 Å². The maximum absolute atomic E-state index is 11.4. The van der Waals surface area contributed by atoms with E-state index < -0.39 is 11.9 Å².